The lowest BCUT2D eigenvalue weighted by molar-refractivity contribution is 0.0946. The minimum absolute atomic E-state index is 0.0686. The molecule has 0 aliphatic heterocycles. The molecule has 5 heteroatoms. The summed E-state index contributed by atoms with van der Waals surface area (Å²) in [4.78, 5) is 17.0. The Labute approximate surface area is 122 Å². The normalized spacial score (nSPS) is 10.6. The van der Waals surface area contributed by atoms with Crippen molar-refractivity contribution in [2.45, 2.75) is 33.4 Å². The third-order valence-corrected chi connectivity index (χ3v) is 3.70. The Balaban J connectivity index is 2.02. The number of para-hydroxylation sites is 1. The molecule has 0 aliphatic rings. The molecular formula is C15H18N2O2S. The predicted octanol–water partition coefficient (Wildman–Crippen LogP) is 3.17. The molecule has 2 aromatic rings. The monoisotopic (exact) mass is 290 g/mol. The number of nitrogens with one attached hydrogen (secondary N) is 1. The van der Waals surface area contributed by atoms with Crippen molar-refractivity contribution >= 4 is 17.2 Å². The van der Waals surface area contributed by atoms with E-state index in [1.54, 1.807) is 0 Å². The third kappa shape index (κ3) is 3.81. The van der Waals surface area contributed by atoms with Crippen molar-refractivity contribution < 1.29 is 9.53 Å². The Morgan fingerprint density at radius 2 is 2.05 bits per heavy atom. The van der Waals surface area contributed by atoms with Gasteiger partial charge >= 0.3 is 0 Å². The number of hydrogen-bond donors (Lipinski definition) is 1. The zero-order valence-electron chi connectivity index (χ0n) is 11.8. The molecule has 0 aliphatic carbocycles. The average Bonchev–Trinajstić information content (AvgIpc) is 2.78. The van der Waals surface area contributed by atoms with Crippen molar-refractivity contribution in [1.82, 2.24) is 10.3 Å². The molecule has 2 rings (SSSR count). The van der Waals surface area contributed by atoms with Gasteiger partial charge in [-0.1, -0.05) is 18.2 Å². The van der Waals surface area contributed by atoms with Gasteiger partial charge in [0.05, 0.1) is 5.69 Å². The summed E-state index contributed by atoms with van der Waals surface area (Å²) in [6, 6.07) is 9.69. The van der Waals surface area contributed by atoms with Crippen LogP contribution in [0.5, 0.6) is 5.75 Å². The van der Waals surface area contributed by atoms with Crippen molar-refractivity contribution in [3.8, 4) is 5.75 Å². The van der Waals surface area contributed by atoms with Crippen molar-refractivity contribution in [1.29, 1.82) is 0 Å². The molecule has 1 aromatic heterocycles. The van der Waals surface area contributed by atoms with Crippen molar-refractivity contribution in [2.75, 3.05) is 0 Å². The van der Waals surface area contributed by atoms with Gasteiger partial charge in [-0.25, -0.2) is 4.98 Å². The first kappa shape index (κ1) is 14.5. The smallest absolute Gasteiger partial charge is 0.263 e. The van der Waals surface area contributed by atoms with Crippen LogP contribution in [-0.2, 0) is 6.61 Å². The summed E-state index contributed by atoms with van der Waals surface area (Å²) in [5, 5.41) is 3.68. The number of rotatable bonds is 5. The molecular weight excluding hydrogens is 272 g/mol. The SMILES string of the molecule is Cc1nc(COc2ccccc2)sc1C(=O)NC(C)C. The first-order valence-electron chi connectivity index (χ1n) is 6.51. The molecule has 20 heavy (non-hydrogen) atoms. The van der Waals surface area contributed by atoms with Crippen LogP contribution in [-0.4, -0.2) is 16.9 Å². The van der Waals surface area contributed by atoms with E-state index in [9.17, 15) is 4.79 Å². The fraction of sp³-hybridized carbons (Fsp3) is 0.333. The highest BCUT2D eigenvalue weighted by atomic mass is 32.1. The summed E-state index contributed by atoms with van der Waals surface area (Å²) in [7, 11) is 0. The molecule has 0 bridgehead atoms. The second kappa shape index (κ2) is 6.52. The summed E-state index contributed by atoms with van der Waals surface area (Å²) in [6.45, 7) is 6.10. The van der Waals surface area contributed by atoms with Crippen LogP contribution in [0.2, 0.25) is 0 Å². The van der Waals surface area contributed by atoms with E-state index in [0.717, 1.165) is 16.5 Å². The second-order valence-electron chi connectivity index (χ2n) is 4.75. The van der Waals surface area contributed by atoms with Crippen LogP contribution < -0.4 is 10.1 Å². The minimum Gasteiger partial charge on any atom is -0.486 e. The van der Waals surface area contributed by atoms with Crippen molar-refractivity contribution in [3.05, 3.63) is 45.9 Å². The molecule has 1 amide bonds. The van der Waals surface area contributed by atoms with E-state index in [1.807, 2.05) is 51.1 Å². The van der Waals surface area contributed by atoms with Crippen LogP contribution >= 0.6 is 11.3 Å². The molecule has 0 unspecified atom stereocenters. The Morgan fingerprint density at radius 3 is 2.70 bits per heavy atom. The minimum atomic E-state index is -0.0686. The lowest BCUT2D eigenvalue weighted by Crippen LogP contribution is -2.29. The van der Waals surface area contributed by atoms with Crippen LogP contribution in [0.15, 0.2) is 30.3 Å². The number of aromatic nitrogens is 1. The molecule has 0 radical (unpaired) electrons. The highest BCUT2D eigenvalue weighted by Crippen LogP contribution is 2.20. The van der Waals surface area contributed by atoms with E-state index >= 15 is 0 Å². The molecule has 0 spiro atoms. The van der Waals surface area contributed by atoms with Gasteiger partial charge in [-0.2, -0.15) is 0 Å². The number of hydrogen-bond acceptors (Lipinski definition) is 4. The number of thiazole rings is 1. The number of ether oxygens (including phenoxy) is 1. The molecule has 1 heterocycles. The maximum absolute atomic E-state index is 12.0. The first-order chi connectivity index (χ1) is 9.56. The van der Waals surface area contributed by atoms with E-state index < -0.39 is 0 Å². The van der Waals surface area contributed by atoms with E-state index in [-0.39, 0.29) is 11.9 Å². The highest BCUT2D eigenvalue weighted by molar-refractivity contribution is 7.13. The fourth-order valence-corrected chi connectivity index (χ4v) is 2.60. The molecule has 0 saturated heterocycles. The van der Waals surface area contributed by atoms with Gasteiger partial charge in [0.2, 0.25) is 0 Å². The van der Waals surface area contributed by atoms with Gasteiger partial charge in [0, 0.05) is 6.04 Å². The van der Waals surface area contributed by atoms with Crippen LogP contribution in [0.1, 0.15) is 34.2 Å². The van der Waals surface area contributed by atoms with Crippen LogP contribution in [0, 0.1) is 6.92 Å². The summed E-state index contributed by atoms with van der Waals surface area (Å²) >= 11 is 1.38. The number of carbonyl (C=O) groups excluding carboxylic acids is 1. The first-order valence-corrected chi connectivity index (χ1v) is 7.33. The number of aryl methyl sites for hydroxylation is 1. The van der Waals surface area contributed by atoms with Gasteiger partial charge < -0.3 is 10.1 Å². The Hall–Kier alpha value is -1.88. The van der Waals surface area contributed by atoms with Gasteiger partial charge in [-0.15, -0.1) is 11.3 Å². The lowest BCUT2D eigenvalue weighted by Gasteiger charge is -2.06. The van der Waals surface area contributed by atoms with Gasteiger partial charge in [0.1, 0.15) is 22.2 Å². The van der Waals surface area contributed by atoms with Gasteiger partial charge in [-0.05, 0) is 32.9 Å². The molecule has 106 valence electrons. The van der Waals surface area contributed by atoms with Crippen LogP contribution in [0.25, 0.3) is 0 Å². The van der Waals surface area contributed by atoms with Gasteiger partial charge in [0.25, 0.3) is 5.91 Å². The quantitative estimate of drug-likeness (QED) is 0.920. The number of carbonyl (C=O) groups is 1. The molecule has 0 fully saturated rings. The number of benzene rings is 1. The standard InChI is InChI=1S/C15H18N2O2S/c1-10(2)16-15(18)14-11(3)17-13(20-14)9-19-12-7-5-4-6-8-12/h4-8,10H,9H2,1-3H3,(H,16,18). The molecule has 1 aromatic carbocycles. The number of amides is 1. The average molecular weight is 290 g/mol. The van der Waals surface area contributed by atoms with E-state index in [0.29, 0.717) is 11.5 Å². The largest absolute Gasteiger partial charge is 0.486 e. The topological polar surface area (TPSA) is 51.2 Å². The van der Waals surface area contributed by atoms with Gasteiger partial charge in [0.15, 0.2) is 0 Å². The summed E-state index contributed by atoms with van der Waals surface area (Å²) in [6.07, 6.45) is 0. The Kier molecular flexibility index (Phi) is 4.74. The Morgan fingerprint density at radius 1 is 1.35 bits per heavy atom. The highest BCUT2D eigenvalue weighted by Gasteiger charge is 2.16. The zero-order chi connectivity index (χ0) is 14.5. The fourth-order valence-electron chi connectivity index (χ4n) is 1.71. The summed E-state index contributed by atoms with van der Waals surface area (Å²) in [5.74, 6) is 0.731. The molecule has 0 atom stereocenters. The zero-order valence-corrected chi connectivity index (χ0v) is 12.7. The van der Waals surface area contributed by atoms with Crippen LogP contribution in [0.4, 0.5) is 0 Å². The van der Waals surface area contributed by atoms with E-state index in [1.165, 1.54) is 11.3 Å². The van der Waals surface area contributed by atoms with E-state index in [4.69, 9.17) is 4.74 Å². The van der Waals surface area contributed by atoms with E-state index in [2.05, 4.69) is 10.3 Å². The van der Waals surface area contributed by atoms with Gasteiger partial charge in [-0.3, -0.25) is 4.79 Å². The maximum atomic E-state index is 12.0. The molecule has 1 N–H and O–H groups in total. The maximum Gasteiger partial charge on any atom is 0.263 e. The molecule has 4 nitrogen and oxygen atoms in total. The second-order valence-corrected chi connectivity index (χ2v) is 5.84. The van der Waals surface area contributed by atoms with Crippen molar-refractivity contribution in [3.63, 3.8) is 0 Å². The Bertz CT molecular complexity index is 579. The number of nitrogens with zero attached hydrogens (tertiary/aromatic N) is 1. The van der Waals surface area contributed by atoms with Crippen LogP contribution in [0.3, 0.4) is 0 Å². The summed E-state index contributed by atoms with van der Waals surface area (Å²) < 4.78 is 5.64. The summed E-state index contributed by atoms with van der Waals surface area (Å²) in [5.41, 5.74) is 0.750. The van der Waals surface area contributed by atoms with Crippen molar-refractivity contribution in [2.24, 2.45) is 0 Å². The molecule has 0 saturated carbocycles. The lowest BCUT2D eigenvalue weighted by atomic mass is 10.3. The third-order valence-electron chi connectivity index (χ3n) is 2.57. The predicted molar refractivity (Wildman–Crippen MR) is 80.2 cm³/mol.